The minimum atomic E-state index is -0.793. The number of aromatic nitrogens is 2. The van der Waals surface area contributed by atoms with Gasteiger partial charge in [-0.25, -0.2) is 4.98 Å². The number of hydrogen-bond acceptors (Lipinski definition) is 8. The van der Waals surface area contributed by atoms with E-state index in [9.17, 15) is 14.9 Å². The smallest absolute Gasteiger partial charge is 0.329 e. The Morgan fingerprint density at radius 1 is 1.21 bits per heavy atom. The number of hydrogen-bond donors (Lipinski definition) is 4. The highest BCUT2D eigenvalue weighted by molar-refractivity contribution is 5.66. The van der Waals surface area contributed by atoms with Crippen LogP contribution in [0.1, 0.15) is 51.4 Å². The largest absolute Gasteiger partial charge is 0.481 e. The molecule has 0 aliphatic heterocycles. The third-order valence-electron chi connectivity index (χ3n) is 5.17. The molecule has 156 valence electrons. The number of carboxylic acid groups (broad SMARTS) is 1. The number of nitrogens with two attached hydrogens (primary N) is 1. The van der Waals surface area contributed by atoms with E-state index < -0.39 is 10.9 Å². The Kier molecular flexibility index (Phi) is 8.86. The molecule has 1 saturated carbocycles. The number of nitrogens with zero attached hydrogens (tertiary/aromatic N) is 3. The summed E-state index contributed by atoms with van der Waals surface area (Å²) in [7, 11) is 0. The Bertz CT molecular complexity index is 649. The van der Waals surface area contributed by atoms with Crippen LogP contribution in [0.15, 0.2) is 6.20 Å². The third kappa shape index (κ3) is 7.26. The van der Waals surface area contributed by atoms with Crippen molar-refractivity contribution >= 4 is 23.4 Å². The van der Waals surface area contributed by atoms with Crippen LogP contribution in [0.4, 0.5) is 17.5 Å². The number of unbranched alkanes of at least 4 members (excludes halogenated alkanes) is 2. The highest BCUT2D eigenvalue weighted by Crippen LogP contribution is 2.29. The van der Waals surface area contributed by atoms with Crippen molar-refractivity contribution in [3.05, 3.63) is 16.3 Å². The van der Waals surface area contributed by atoms with Gasteiger partial charge in [0.1, 0.15) is 6.20 Å². The summed E-state index contributed by atoms with van der Waals surface area (Å²) in [5.74, 6) is 0.824. The maximum atomic E-state index is 11.3. The van der Waals surface area contributed by atoms with E-state index in [0.717, 1.165) is 45.1 Å². The van der Waals surface area contributed by atoms with Crippen LogP contribution in [0.5, 0.6) is 0 Å². The molecular formula is C18H30N6O4. The van der Waals surface area contributed by atoms with Crippen molar-refractivity contribution in [2.45, 2.75) is 51.4 Å². The molecule has 1 aromatic rings. The summed E-state index contributed by atoms with van der Waals surface area (Å²) in [5, 5.41) is 26.0. The van der Waals surface area contributed by atoms with E-state index in [2.05, 4.69) is 20.6 Å². The second-order valence-electron chi connectivity index (χ2n) is 7.32. The number of rotatable bonds is 12. The van der Waals surface area contributed by atoms with Crippen molar-refractivity contribution in [2.24, 2.45) is 17.6 Å². The van der Waals surface area contributed by atoms with E-state index in [4.69, 9.17) is 10.8 Å². The summed E-state index contributed by atoms with van der Waals surface area (Å²) < 4.78 is 0. The van der Waals surface area contributed by atoms with Crippen molar-refractivity contribution in [1.82, 2.24) is 9.97 Å². The van der Waals surface area contributed by atoms with Crippen molar-refractivity contribution in [1.29, 1.82) is 0 Å². The first-order chi connectivity index (χ1) is 13.5. The molecular weight excluding hydrogens is 364 g/mol. The molecule has 1 aliphatic carbocycles. The van der Waals surface area contributed by atoms with Crippen molar-refractivity contribution in [3.8, 4) is 0 Å². The molecule has 0 saturated heterocycles. The Labute approximate surface area is 164 Å². The second kappa shape index (κ2) is 11.4. The van der Waals surface area contributed by atoms with Gasteiger partial charge in [0.15, 0.2) is 0 Å². The summed E-state index contributed by atoms with van der Waals surface area (Å²) >= 11 is 0. The average Bonchev–Trinajstić information content (AvgIpc) is 2.69. The van der Waals surface area contributed by atoms with Gasteiger partial charge in [-0.05, 0) is 56.9 Å². The van der Waals surface area contributed by atoms with Gasteiger partial charge in [0.05, 0.1) is 4.92 Å². The summed E-state index contributed by atoms with van der Waals surface area (Å²) in [6, 6.07) is 0. The van der Waals surface area contributed by atoms with E-state index in [-0.39, 0.29) is 17.9 Å². The number of carboxylic acids is 1. The molecule has 28 heavy (non-hydrogen) atoms. The lowest BCUT2D eigenvalue weighted by molar-refractivity contribution is -0.384. The topological polar surface area (TPSA) is 156 Å². The average molecular weight is 394 g/mol. The third-order valence-corrected chi connectivity index (χ3v) is 5.17. The normalized spacial score (nSPS) is 19.2. The molecule has 1 fully saturated rings. The zero-order valence-electron chi connectivity index (χ0n) is 16.1. The summed E-state index contributed by atoms with van der Waals surface area (Å²) in [4.78, 5) is 29.5. The molecule has 1 aliphatic rings. The molecule has 5 N–H and O–H groups in total. The molecule has 0 bridgehead atoms. The fourth-order valence-electron chi connectivity index (χ4n) is 3.41. The minimum absolute atomic E-state index is 0.136. The molecule has 1 heterocycles. The zero-order chi connectivity index (χ0) is 20.4. The van der Waals surface area contributed by atoms with E-state index in [1.807, 2.05) is 0 Å². The van der Waals surface area contributed by atoms with Gasteiger partial charge in [-0.2, -0.15) is 4.98 Å². The highest BCUT2D eigenvalue weighted by Gasteiger charge is 2.22. The van der Waals surface area contributed by atoms with Gasteiger partial charge < -0.3 is 21.5 Å². The van der Waals surface area contributed by atoms with Gasteiger partial charge in [0, 0.05) is 19.5 Å². The predicted molar refractivity (Wildman–Crippen MR) is 106 cm³/mol. The van der Waals surface area contributed by atoms with Gasteiger partial charge in [-0.1, -0.05) is 6.42 Å². The van der Waals surface area contributed by atoms with Gasteiger partial charge in [0.25, 0.3) is 0 Å². The lowest BCUT2D eigenvalue weighted by atomic mass is 9.82. The van der Waals surface area contributed by atoms with Crippen molar-refractivity contribution in [2.75, 3.05) is 30.3 Å². The molecule has 0 aromatic carbocycles. The molecule has 0 atom stereocenters. The molecule has 10 nitrogen and oxygen atoms in total. The molecule has 2 rings (SSSR count). The first-order valence-corrected chi connectivity index (χ1v) is 9.90. The van der Waals surface area contributed by atoms with Crippen LogP contribution < -0.4 is 16.4 Å². The van der Waals surface area contributed by atoms with Crippen LogP contribution in [0, 0.1) is 22.0 Å². The van der Waals surface area contributed by atoms with Crippen molar-refractivity contribution in [3.63, 3.8) is 0 Å². The van der Waals surface area contributed by atoms with Gasteiger partial charge in [-0.15, -0.1) is 0 Å². The van der Waals surface area contributed by atoms with E-state index >= 15 is 0 Å². The number of aliphatic carboxylic acids is 1. The Hall–Kier alpha value is -2.49. The van der Waals surface area contributed by atoms with Crippen LogP contribution in [0.3, 0.4) is 0 Å². The monoisotopic (exact) mass is 394 g/mol. The molecule has 10 heteroatoms. The van der Waals surface area contributed by atoms with Crippen LogP contribution in [-0.2, 0) is 4.79 Å². The number of anilines is 2. The molecule has 0 spiro atoms. The molecule has 0 unspecified atom stereocenters. The SMILES string of the molecule is NCC1CCC(CNc2nc(NCCCCCC(=O)O)ncc2[N+](=O)[O-])CC1. The highest BCUT2D eigenvalue weighted by atomic mass is 16.6. The Morgan fingerprint density at radius 3 is 2.57 bits per heavy atom. The summed E-state index contributed by atoms with van der Waals surface area (Å²) in [6.45, 7) is 1.95. The van der Waals surface area contributed by atoms with Crippen LogP contribution in [0.25, 0.3) is 0 Å². The molecule has 0 amide bonds. The minimum Gasteiger partial charge on any atom is -0.481 e. The Balaban J connectivity index is 1.84. The van der Waals surface area contributed by atoms with Crippen LogP contribution in [0.2, 0.25) is 0 Å². The predicted octanol–water partition coefficient (Wildman–Crippen LogP) is 2.62. The fraction of sp³-hybridized carbons (Fsp3) is 0.722. The van der Waals surface area contributed by atoms with Gasteiger partial charge in [-0.3, -0.25) is 14.9 Å². The standard InChI is InChI=1S/C18H30N6O4/c19-10-13-5-7-14(8-6-13)11-21-17-15(24(27)28)12-22-18(23-17)20-9-3-1-2-4-16(25)26/h12-14H,1-11,19H2,(H,25,26)(H2,20,21,22,23). The fourth-order valence-corrected chi connectivity index (χ4v) is 3.41. The maximum absolute atomic E-state index is 11.3. The molecule has 1 aromatic heterocycles. The lowest BCUT2D eigenvalue weighted by Gasteiger charge is -2.27. The second-order valence-corrected chi connectivity index (χ2v) is 7.32. The quantitative estimate of drug-likeness (QED) is 0.238. The van der Waals surface area contributed by atoms with Gasteiger partial charge in [0.2, 0.25) is 11.8 Å². The van der Waals surface area contributed by atoms with E-state index in [0.29, 0.717) is 37.3 Å². The zero-order valence-corrected chi connectivity index (χ0v) is 16.1. The Morgan fingerprint density at radius 2 is 1.93 bits per heavy atom. The summed E-state index contributed by atoms with van der Waals surface area (Å²) in [5.41, 5.74) is 5.59. The lowest BCUT2D eigenvalue weighted by Crippen LogP contribution is -2.25. The first kappa shape index (κ1) is 21.8. The van der Waals surface area contributed by atoms with Gasteiger partial charge >= 0.3 is 11.7 Å². The van der Waals surface area contributed by atoms with Crippen LogP contribution in [-0.4, -0.2) is 45.6 Å². The number of nitro groups is 1. The number of nitrogens with one attached hydrogen (secondary N) is 2. The summed E-state index contributed by atoms with van der Waals surface area (Å²) in [6.07, 6.45) is 7.89. The van der Waals surface area contributed by atoms with E-state index in [1.54, 1.807) is 0 Å². The first-order valence-electron chi connectivity index (χ1n) is 9.90. The van der Waals surface area contributed by atoms with E-state index in [1.165, 1.54) is 6.20 Å². The van der Waals surface area contributed by atoms with Crippen LogP contribution >= 0.6 is 0 Å². The number of carbonyl (C=O) groups is 1. The molecule has 0 radical (unpaired) electrons. The maximum Gasteiger partial charge on any atom is 0.329 e. The van der Waals surface area contributed by atoms with Crippen molar-refractivity contribution < 1.29 is 14.8 Å².